The molecule has 4 atom stereocenters. The first-order valence-corrected chi connectivity index (χ1v) is 12.2. The van der Waals surface area contributed by atoms with Crippen LogP contribution in [0.2, 0.25) is 0 Å². The number of rotatable bonds is 9. The Balaban J connectivity index is 1.63. The van der Waals surface area contributed by atoms with Gasteiger partial charge >= 0.3 is 0 Å². The average molecular weight is 480 g/mol. The molecule has 8 heteroatoms. The maximum absolute atomic E-state index is 14.9. The summed E-state index contributed by atoms with van der Waals surface area (Å²) in [7, 11) is 0. The number of hydrazine groups is 1. The Kier molecular flexibility index (Phi) is 7.05. The maximum atomic E-state index is 14.9. The van der Waals surface area contributed by atoms with E-state index < -0.39 is 17.2 Å². The normalized spacial score (nSPS) is 21.2. The van der Waals surface area contributed by atoms with Crippen molar-refractivity contribution in [1.82, 2.24) is 15.4 Å². The molecule has 1 saturated heterocycles. The van der Waals surface area contributed by atoms with Gasteiger partial charge in [-0.3, -0.25) is 4.99 Å². The molecule has 1 aromatic heterocycles. The lowest BCUT2D eigenvalue weighted by Crippen LogP contribution is -2.32. The number of aromatic nitrogens is 1. The highest BCUT2D eigenvalue weighted by Gasteiger charge is 2.60. The third kappa shape index (κ3) is 4.72. The minimum absolute atomic E-state index is 0.184. The van der Waals surface area contributed by atoms with Gasteiger partial charge in [0.15, 0.2) is 0 Å². The monoisotopic (exact) mass is 479 g/mol. The van der Waals surface area contributed by atoms with E-state index >= 15 is 0 Å². The van der Waals surface area contributed by atoms with Gasteiger partial charge in [-0.2, -0.15) is 5.26 Å². The van der Waals surface area contributed by atoms with Crippen LogP contribution >= 0.6 is 11.3 Å². The van der Waals surface area contributed by atoms with E-state index in [0.29, 0.717) is 17.7 Å². The van der Waals surface area contributed by atoms with E-state index in [-0.39, 0.29) is 12.0 Å². The number of hydrogen-bond donors (Lipinski definition) is 1. The molecule has 0 bridgehead atoms. The van der Waals surface area contributed by atoms with Gasteiger partial charge < -0.3 is 5.43 Å². The van der Waals surface area contributed by atoms with Crippen LogP contribution in [0.15, 0.2) is 52.8 Å². The number of hydrogen-bond acceptors (Lipinski definition) is 5. The van der Waals surface area contributed by atoms with E-state index in [4.69, 9.17) is 10.2 Å². The van der Waals surface area contributed by atoms with Crippen LogP contribution in [0.4, 0.5) is 8.78 Å². The largest absolute Gasteiger partial charge is 0.309 e. The summed E-state index contributed by atoms with van der Waals surface area (Å²) in [5.41, 5.74) is 4.98. The van der Waals surface area contributed by atoms with Crippen molar-refractivity contribution < 1.29 is 8.78 Å². The van der Waals surface area contributed by atoms with Crippen LogP contribution in [0.25, 0.3) is 11.3 Å². The third-order valence-corrected chi connectivity index (χ3v) is 7.37. The van der Waals surface area contributed by atoms with Crippen LogP contribution in [0.1, 0.15) is 55.7 Å². The second-order valence-corrected chi connectivity index (χ2v) is 9.55. The maximum Gasteiger partial charge on any atom is 0.128 e. The second-order valence-electron chi connectivity index (χ2n) is 8.66. The first kappa shape index (κ1) is 24.0. The topological polar surface area (TPSA) is 64.1 Å². The fourth-order valence-electron chi connectivity index (χ4n) is 4.29. The van der Waals surface area contributed by atoms with Crippen molar-refractivity contribution >= 4 is 17.7 Å². The van der Waals surface area contributed by atoms with Crippen molar-refractivity contribution in [2.75, 3.05) is 6.54 Å². The summed E-state index contributed by atoms with van der Waals surface area (Å²) in [6.07, 6.45) is 3.68. The van der Waals surface area contributed by atoms with E-state index in [1.807, 2.05) is 36.4 Å². The summed E-state index contributed by atoms with van der Waals surface area (Å²) in [6, 6.07) is 13.1. The van der Waals surface area contributed by atoms with Crippen molar-refractivity contribution in [1.29, 1.82) is 5.26 Å². The SMILES string of the molecule is CCCC(C)N=CNN1C[C@@]1(c1cc(F)ccc1F)C(C)c1nc(-c2ccc(C#N)cc2)cs1. The molecule has 1 fully saturated rings. The Morgan fingerprint density at radius 2 is 2.03 bits per heavy atom. The Labute approximate surface area is 202 Å². The number of nitrogens with one attached hydrogen (secondary N) is 1. The van der Waals surface area contributed by atoms with Crippen molar-refractivity contribution in [3.8, 4) is 17.3 Å². The molecule has 0 aliphatic carbocycles. The van der Waals surface area contributed by atoms with Gasteiger partial charge in [-0.25, -0.2) is 18.8 Å². The summed E-state index contributed by atoms with van der Waals surface area (Å²) < 4.78 is 29.1. The van der Waals surface area contributed by atoms with Crippen molar-refractivity contribution in [2.24, 2.45) is 4.99 Å². The van der Waals surface area contributed by atoms with Gasteiger partial charge in [-0.1, -0.05) is 32.4 Å². The number of benzene rings is 2. The van der Waals surface area contributed by atoms with Crippen LogP contribution < -0.4 is 5.43 Å². The van der Waals surface area contributed by atoms with Crippen LogP contribution in [0, 0.1) is 23.0 Å². The molecule has 0 amide bonds. The molecular formula is C26H27F2N5S. The number of halogens is 2. The van der Waals surface area contributed by atoms with Gasteiger partial charge in [-0.15, -0.1) is 11.3 Å². The van der Waals surface area contributed by atoms with Gasteiger partial charge in [-0.05, 0) is 43.7 Å². The predicted octanol–water partition coefficient (Wildman–Crippen LogP) is 6.00. The molecule has 34 heavy (non-hydrogen) atoms. The molecule has 0 spiro atoms. The molecule has 4 rings (SSSR count). The molecule has 2 aromatic carbocycles. The predicted molar refractivity (Wildman–Crippen MR) is 131 cm³/mol. The number of aliphatic imine (C=N–C) groups is 1. The van der Waals surface area contributed by atoms with Gasteiger partial charge in [0.25, 0.3) is 0 Å². The summed E-state index contributed by atoms with van der Waals surface area (Å²) >= 11 is 1.49. The standard InChI is InChI=1S/C26H27F2N5S/c1-4-5-17(2)30-16-31-33-15-26(33,22-12-21(27)10-11-23(22)28)18(3)25-32-24(14-34-25)20-8-6-19(13-29)7-9-20/h6-12,14,16-18H,4-5,15H2,1-3H3,(H,30,31)/t17?,18?,26-,33?/m0/s1. The zero-order chi connectivity index (χ0) is 24.3. The van der Waals surface area contributed by atoms with E-state index in [1.54, 1.807) is 18.5 Å². The van der Waals surface area contributed by atoms with E-state index in [1.165, 1.54) is 23.5 Å². The smallest absolute Gasteiger partial charge is 0.128 e. The number of nitrogens with zero attached hydrogens (tertiary/aromatic N) is 4. The van der Waals surface area contributed by atoms with Crippen LogP contribution in [0.3, 0.4) is 0 Å². The fraction of sp³-hybridized carbons (Fsp3) is 0.346. The lowest BCUT2D eigenvalue weighted by Gasteiger charge is -2.24. The van der Waals surface area contributed by atoms with Gasteiger partial charge in [0.05, 0.1) is 34.2 Å². The van der Waals surface area contributed by atoms with Gasteiger partial charge in [0.2, 0.25) is 0 Å². The quantitative estimate of drug-likeness (QED) is 0.232. The van der Waals surface area contributed by atoms with Gasteiger partial charge in [0, 0.05) is 35.0 Å². The third-order valence-electron chi connectivity index (χ3n) is 6.34. The van der Waals surface area contributed by atoms with E-state index in [2.05, 4.69) is 23.4 Å². The zero-order valence-corrected chi connectivity index (χ0v) is 20.2. The Morgan fingerprint density at radius 1 is 1.26 bits per heavy atom. The highest BCUT2D eigenvalue weighted by atomic mass is 32.1. The highest BCUT2D eigenvalue weighted by molar-refractivity contribution is 7.10. The fourth-order valence-corrected chi connectivity index (χ4v) is 5.26. The molecule has 1 aliphatic heterocycles. The molecule has 0 saturated carbocycles. The molecule has 176 valence electrons. The Morgan fingerprint density at radius 3 is 2.74 bits per heavy atom. The minimum Gasteiger partial charge on any atom is -0.309 e. The molecule has 3 aromatic rings. The molecule has 2 heterocycles. The molecule has 5 nitrogen and oxygen atoms in total. The number of nitriles is 1. The van der Waals surface area contributed by atoms with Crippen LogP contribution in [-0.2, 0) is 5.54 Å². The minimum atomic E-state index is -0.786. The van der Waals surface area contributed by atoms with Crippen molar-refractivity contribution in [2.45, 2.75) is 51.1 Å². The molecule has 3 unspecified atom stereocenters. The second kappa shape index (κ2) is 10.00. The van der Waals surface area contributed by atoms with Crippen LogP contribution in [-0.4, -0.2) is 28.9 Å². The summed E-state index contributed by atoms with van der Waals surface area (Å²) in [6.45, 7) is 6.65. The first-order valence-electron chi connectivity index (χ1n) is 11.4. The highest BCUT2D eigenvalue weighted by Crippen LogP contribution is 2.53. The van der Waals surface area contributed by atoms with Crippen molar-refractivity contribution in [3.05, 3.63) is 75.6 Å². The first-order chi connectivity index (χ1) is 16.4. The summed E-state index contributed by atoms with van der Waals surface area (Å²) in [5, 5.41) is 13.7. The molecule has 1 N–H and O–H groups in total. The van der Waals surface area contributed by atoms with Crippen LogP contribution in [0.5, 0.6) is 0 Å². The lowest BCUT2D eigenvalue weighted by atomic mass is 9.86. The zero-order valence-electron chi connectivity index (χ0n) is 19.4. The molecular weight excluding hydrogens is 452 g/mol. The lowest BCUT2D eigenvalue weighted by molar-refractivity contribution is 0.329. The summed E-state index contributed by atoms with van der Waals surface area (Å²) in [5.74, 6) is -1.13. The summed E-state index contributed by atoms with van der Waals surface area (Å²) in [4.78, 5) is 9.32. The van der Waals surface area contributed by atoms with Crippen molar-refractivity contribution in [3.63, 3.8) is 0 Å². The van der Waals surface area contributed by atoms with E-state index in [0.717, 1.165) is 35.2 Å². The Hall–Kier alpha value is -3.15. The molecule has 1 aliphatic rings. The number of thiazole rings is 1. The average Bonchev–Trinajstić information content (AvgIpc) is 3.34. The van der Waals surface area contributed by atoms with E-state index in [9.17, 15) is 8.78 Å². The molecule has 0 radical (unpaired) electrons. The van der Waals surface area contributed by atoms with Gasteiger partial charge in [0.1, 0.15) is 11.6 Å². The Bertz CT molecular complexity index is 1220.